The molecule has 12 heteroatoms. The van der Waals surface area contributed by atoms with Crippen LogP contribution in [0.1, 0.15) is 34.3 Å². The lowest BCUT2D eigenvalue weighted by Gasteiger charge is -2.46. The number of nitrogens with two attached hydrogens (primary N) is 2. The van der Waals surface area contributed by atoms with Crippen LogP contribution in [0.5, 0.6) is 5.75 Å². The van der Waals surface area contributed by atoms with Gasteiger partial charge in [0, 0.05) is 49.8 Å². The van der Waals surface area contributed by atoms with Gasteiger partial charge in [0.25, 0.3) is 5.91 Å². The summed E-state index contributed by atoms with van der Waals surface area (Å²) in [4.78, 5) is 40.3. The van der Waals surface area contributed by atoms with Gasteiger partial charge in [-0.3, -0.25) is 14.4 Å². The predicted octanol–water partition coefficient (Wildman–Crippen LogP) is -0.0203. The first-order valence-corrected chi connectivity index (χ1v) is 11.3. The molecular formula is C23H26N4O7S. The number of Topliss-reactive ketones (excluding diaryl/α,β-unsaturated/α-hetero) is 2. The predicted molar refractivity (Wildman–Crippen MR) is 129 cm³/mol. The molecule has 0 bridgehead atoms. The van der Waals surface area contributed by atoms with E-state index < -0.39 is 52.0 Å². The molecule has 186 valence electrons. The summed E-state index contributed by atoms with van der Waals surface area (Å²) in [6.07, 6.45) is 0.0184. The zero-order chi connectivity index (χ0) is 26.0. The Morgan fingerprint density at radius 2 is 1.89 bits per heavy atom. The number of amides is 1. The number of phenols is 1. The fourth-order valence-electron chi connectivity index (χ4n) is 5.44. The second-order valence-corrected chi connectivity index (χ2v) is 9.72. The maximum atomic E-state index is 13.7. The number of allylic oxidation sites excluding steroid dienone is 2. The molecule has 0 heterocycles. The Kier molecular flexibility index (Phi) is 5.76. The Labute approximate surface area is 205 Å². The highest BCUT2D eigenvalue weighted by Gasteiger charge is 2.59. The largest absolute Gasteiger partial charge is 0.511 e. The van der Waals surface area contributed by atoms with Gasteiger partial charge in [0.15, 0.2) is 16.5 Å². The Morgan fingerprint density at radius 1 is 1.23 bits per heavy atom. The molecule has 3 aliphatic carbocycles. The summed E-state index contributed by atoms with van der Waals surface area (Å²) >= 11 is 4.83. The molecule has 1 aromatic carbocycles. The fraction of sp³-hybridized carbons (Fsp3) is 0.391. The van der Waals surface area contributed by atoms with Gasteiger partial charge in [-0.2, -0.15) is 0 Å². The molecule has 0 spiro atoms. The number of anilines is 1. The number of fused-ring (bicyclic) bond motifs is 3. The topological polar surface area (TPSA) is 199 Å². The van der Waals surface area contributed by atoms with Crippen molar-refractivity contribution in [1.82, 2.24) is 5.32 Å². The number of carbonyl (C=O) groups is 3. The number of carbonyl (C=O) groups excluding carboxylic acids is 3. The molecule has 0 saturated carbocycles. The minimum atomic E-state index is -2.60. The van der Waals surface area contributed by atoms with Crippen LogP contribution >= 0.6 is 12.2 Å². The first-order chi connectivity index (χ1) is 16.3. The van der Waals surface area contributed by atoms with Crippen LogP contribution in [0.25, 0.3) is 0 Å². The highest BCUT2D eigenvalue weighted by molar-refractivity contribution is 7.80. The van der Waals surface area contributed by atoms with Gasteiger partial charge >= 0.3 is 0 Å². The quantitative estimate of drug-likeness (QED) is 0.216. The van der Waals surface area contributed by atoms with Crippen LogP contribution in [0, 0.1) is 11.8 Å². The SMILES string of the molecule is CN(C)c1cc(CNC(N)=S)c(O)c2c1C[C@H]1C[C@H]3CC(O)=C(C(N)=O)C(=O)[C@@]3(O)C(O)=C1C2=O. The molecule has 0 radical (unpaired) electrons. The van der Waals surface area contributed by atoms with Gasteiger partial charge in [-0.1, -0.05) is 0 Å². The van der Waals surface area contributed by atoms with Crippen molar-refractivity contribution in [3.8, 4) is 5.75 Å². The second kappa shape index (κ2) is 8.24. The van der Waals surface area contributed by atoms with E-state index in [9.17, 15) is 34.8 Å². The van der Waals surface area contributed by atoms with Crippen LogP contribution in [0.4, 0.5) is 5.69 Å². The van der Waals surface area contributed by atoms with Gasteiger partial charge in [-0.05, 0) is 42.6 Å². The van der Waals surface area contributed by atoms with Crippen LogP contribution in [0.2, 0.25) is 0 Å². The number of nitrogens with one attached hydrogen (secondary N) is 1. The molecule has 3 atom stereocenters. The number of phenolic OH excluding ortho intramolecular Hbond substituents is 1. The van der Waals surface area contributed by atoms with Crippen LogP contribution < -0.4 is 21.7 Å². The van der Waals surface area contributed by atoms with E-state index >= 15 is 0 Å². The number of aliphatic hydroxyl groups excluding tert-OH is 2. The molecular weight excluding hydrogens is 476 g/mol. The number of nitrogens with zero attached hydrogens (tertiary/aromatic N) is 1. The molecule has 0 fully saturated rings. The number of aromatic hydroxyl groups is 1. The number of primary amides is 1. The number of hydrogen-bond acceptors (Lipinski definition) is 9. The number of hydrogen-bond donors (Lipinski definition) is 7. The van der Waals surface area contributed by atoms with Gasteiger partial charge in [0.1, 0.15) is 22.8 Å². The van der Waals surface area contributed by atoms with Crippen LogP contribution in [-0.2, 0) is 22.6 Å². The summed E-state index contributed by atoms with van der Waals surface area (Å²) in [5, 5.41) is 46.4. The molecule has 0 unspecified atom stereocenters. The number of thiocarbonyl (C=S) groups is 1. The summed E-state index contributed by atoms with van der Waals surface area (Å²) in [5.41, 5.74) is 8.57. The van der Waals surface area contributed by atoms with Crippen molar-refractivity contribution in [2.24, 2.45) is 23.3 Å². The van der Waals surface area contributed by atoms with E-state index in [0.717, 1.165) is 0 Å². The molecule has 9 N–H and O–H groups in total. The molecule has 0 aliphatic heterocycles. The number of aliphatic hydroxyl groups is 3. The van der Waals surface area contributed by atoms with Crippen molar-refractivity contribution in [2.45, 2.75) is 31.4 Å². The van der Waals surface area contributed by atoms with Gasteiger partial charge in [-0.15, -0.1) is 0 Å². The van der Waals surface area contributed by atoms with Crippen molar-refractivity contribution in [2.75, 3.05) is 19.0 Å². The van der Waals surface area contributed by atoms with E-state index in [2.05, 4.69) is 5.32 Å². The van der Waals surface area contributed by atoms with Crippen molar-refractivity contribution >= 4 is 40.5 Å². The number of benzene rings is 1. The highest BCUT2D eigenvalue weighted by Crippen LogP contribution is 2.52. The van der Waals surface area contributed by atoms with Gasteiger partial charge in [0.05, 0.1) is 5.56 Å². The van der Waals surface area contributed by atoms with E-state index in [4.69, 9.17) is 23.7 Å². The maximum absolute atomic E-state index is 13.7. The monoisotopic (exact) mass is 502 g/mol. The Morgan fingerprint density at radius 3 is 2.46 bits per heavy atom. The Bertz CT molecular complexity index is 1270. The summed E-state index contributed by atoms with van der Waals surface area (Å²) in [6.45, 7) is 0.0353. The Hall–Kier alpha value is -3.64. The summed E-state index contributed by atoms with van der Waals surface area (Å²) in [5.74, 6) is -6.61. The third-order valence-corrected chi connectivity index (χ3v) is 7.20. The molecule has 35 heavy (non-hydrogen) atoms. The summed E-state index contributed by atoms with van der Waals surface area (Å²) < 4.78 is 0. The number of rotatable bonds is 4. The molecule has 3 aliphatic rings. The average molecular weight is 503 g/mol. The van der Waals surface area contributed by atoms with E-state index in [-0.39, 0.29) is 47.8 Å². The van der Waals surface area contributed by atoms with Crippen LogP contribution in [0.15, 0.2) is 28.7 Å². The van der Waals surface area contributed by atoms with E-state index in [1.807, 2.05) is 0 Å². The van der Waals surface area contributed by atoms with Crippen LogP contribution in [-0.4, -0.2) is 62.7 Å². The zero-order valence-electron chi connectivity index (χ0n) is 19.1. The van der Waals surface area contributed by atoms with Gasteiger partial charge in [0.2, 0.25) is 5.78 Å². The molecule has 1 amide bonds. The standard InChI is InChI=1S/C23H26N4O7S/c1-27(2)12-5-9(7-26-22(25)35)17(29)15-11(12)4-8-3-10-6-13(28)16(21(24)33)20(32)23(10,34)19(31)14(8)18(15)30/h5,8,10,28-29,31,34H,3-4,6-7H2,1-2H3,(H2,24,33)(H3,25,26,35)/t8-,10+,23+/m1/s1. The zero-order valence-corrected chi connectivity index (χ0v) is 19.9. The third-order valence-electron chi connectivity index (χ3n) is 7.05. The average Bonchev–Trinajstić information content (AvgIpc) is 2.75. The molecule has 4 rings (SSSR count). The second-order valence-electron chi connectivity index (χ2n) is 9.28. The Balaban J connectivity index is 1.90. The summed E-state index contributed by atoms with van der Waals surface area (Å²) in [7, 11) is 3.55. The lowest BCUT2D eigenvalue weighted by molar-refractivity contribution is -0.144. The van der Waals surface area contributed by atoms with E-state index in [0.29, 0.717) is 16.8 Å². The first kappa shape index (κ1) is 24.5. The molecule has 11 nitrogen and oxygen atoms in total. The van der Waals surface area contributed by atoms with E-state index in [1.54, 1.807) is 25.1 Å². The van der Waals surface area contributed by atoms with E-state index in [1.165, 1.54) is 0 Å². The minimum absolute atomic E-state index is 0.00168. The lowest BCUT2D eigenvalue weighted by atomic mass is 9.60. The first-order valence-electron chi connectivity index (χ1n) is 10.9. The third kappa shape index (κ3) is 3.51. The van der Waals surface area contributed by atoms with Gasteiger partial charge in [-0.25, -0.2) is 0 Å². The fourth-order valence-corrected chi connectivity index (χ4v) is 5.51. The molecule has 1 aromatic rings. The van der Waals surface area contributed by atoms with Crippen molar-refractivity contribution in [1.29, 1.82) is 0 Å². The van der Waals surface area contributed by atoms with Crippen LogP contribution in [0.3, 0.4) is 0 Å². The number of ketones is 2. The minimum Gasteiger partial charge on any atom is -0.511 e. The van der Waals surface area contributed by atoms with Crippen molar-refractivity contribution < 1.29 is 34.8 Å². The summed E-state index contributed by atoms with van der Waals surface area (Å²) in [6, 6.07) is 1.71. The van der Waals surface area contributed by atoms with Crippen molar-refractivity contribution in [3.63, 3.8) is 0 Å². The molecule has 0 aromatic heterocycles. The molecule has 0 saturated heterocycles. The highest BCUT2D eigenvalue weighted by atomic mass is 32.1. The lowest BCUT2D eigenvalue weighted by Crippen LogP contribution is -2.57. The maximum Gasteiger partial charge on any atom is 0.255 e. The normalized spacial score (nSPS) is 25.6. The van der Waals surface area contributed by atoms with Gasteiger partial charge < -0.3 is 42.1 Å². The van der Waals surface area contributed by atoms with Crippen molar-refractivity contribution in [3.05, 3.63) is 45.4 Å². The smallest absolute Gasteiger partial charge is 0.255 e.